The fourth-order valence-electron chi connectivity index (χ4n) is 2.09. The summed E-state index contributed by atoms with van der Waals surface area (Å²) in [4.78, 5) is 8.40. The Hall–Kier alpha value is -1.91. The minimum absolute atomic E-state index is 1.04. The molecule has 27 heavy (non-hydrogen) atoms. The number of hydrogen-bond donors (Lipinski definition) is 2. The van der Waals surface area contributed by atoms with Gasteiger partial charge in [0.1, 0.15) is 0 Å². The molecule has 0 atom stereocenters. The lowest BCUT2D eigenvalue weighted by Gasteiger charge is -1.94. The Labute approximate surface area is 173 Å². The Morgan fingerprint density at radius 3 is 1.44 bits per heavy atom. The molecule has 0 spiro atoms. The van der Waals surface area contributed by atoms with Crippen LogP contribution in [-0.4, -0.2) is 27.5 Å². The van der Waals surface area contributed by atoms with Crippen molar-refractivity contribution in [3.8, 4) is 0 Å². The summed E-state index contributed by atoms with van der Waals surface area (Å²) in [6, 6.07) is 20.1. The first-order valence-electron chi connectivity index (χ1n) is 7.43. The van der Waals surface area contributed by atoms with Crippen molar-refractivity contribution in [2.75, 3.05) is 0 Å². The van der Waals surface area contributed by atoms with Crippen molar-refractivity contribution in [3.05, 3.63) is 82.0 Å². The maximum absolute atomic E-state index is 8.74. The molecular formula is C18H14Br2N2O4S. The van der Waals surface area contributed by atoms with Crippen molar-refractivity contribution in [1.82, 2.24) is 9.97 Å². The molecule has 0 saturated heterocycles. The van der Waals surface area contributed by atoms with Gasteiger partial charge in [0.2, 0.25) is 0 Å². The molecule has 0 amide bonds. The van der Waals surface area contributed by atoms with E-state index in [0.29, 0.717) is 0 Å². The predicted molar refractivity (Wildman–Crippen MR) is 113 cm³/mol. The average molecular weight is 514 g/mol. The summed E-state index contributed by atoms with van der Waals surface area (Å²) in [5, 5.41) is 2.34. The van der Waals surface area contributed by atoms with Gasteiger partial charge in [0.25, 0.3) is 0 Å². The van der Waals surface area contributed by atoms with Crippen LogP contribution in [0.1, 0.15) is 0 Å². The van der Waals surface area contributed by atoms with E-state index < -0.39 is 10.4 Å². The Kier molecular flexibility index (Phi) is 7.81. The monoisotopic (exact) mass is 512 g/mol. The highest BCUT2D eigenvalue weighted by Crippen LogP contribution is 2.17. The molecule has 2 aromatic carbocycles. The smallest absolute Gasteiger partial charge is 0.264 e. The Morgan fingerprint density at radius 1 is 0.704 bits per heavy atom. The SMILES string of the molecule is Brc1ccc2ncccc2c1.Brc1ccc2ncccc2c1.O=S(=O)(O)O. The third-order valence-electron chi connectivity index (χ3n) is 3.13. The molecule has 6 nitrogen and oxygen atoms in total. The van der Waals surface area contributed by atoms with Crippen molar-refractivity contribution in [1.29, 1.82) is 0 Å². The van der Waals surface area contributed by atoms with Gasteiger partial charge in [-0.1, -0.05) is 44.0 Å². The van der Waals surface area contributed by atoms with Gasteiger partial charge in [0.15, 0.2) is 0 Å². The molecule has 4 rings (SSSR count). The summed E-state index contributed by atoms with van der Waals surface area (Å²) in [7, 11) is -4.67. The molecule has 0 saturated carbocycles. The number of halogens is 2. The van der Waals surface area contributed by atoms with Crippen molar-refractivity contribution < 1.29 is 17.5 Å². The number of nitrogens with zero attached hydrogens (tertiary/aromatic N) is 2. The molecule has 0 fully saturated rings. The standard InChI is InChI=1S/2C9H6BrN.H2O4S/c2*10-8-3-4-9-7(6-8)2-1-5-11-9;1-5(2,3)4/h2*1-6H;(H2,1,2,3,4). The van der Waals surface area contributed by atoms with Gasteiger partial charge in [-0.05, 0) is 48.5 Å². The van der Waals surface area contributed by atoms with Crippen LogP contribution in [0.2, 0.25) is 0 Å². The highest BCUT2D eigenvalue weighted by atomic mass is 79.9. The van der Waals surface area contributed by atoms with Gasteiger partial charge in [-0.25, -0.2) is 0 Å². The lowest BCUT2D eigenvalue weighted by atomic mass is 10.2. The van der Waals surface area contributed by atoms with E-state index in [-0.39, 0.29) is 0 Å². The first-order valence-corrected chi connectivity index (χ1v) is 10.4. The van der Waals surface area contributed by atoms with Crippen LogP contribution in [-0.2, 0) is 10.4 Å². The number of aromatic nitrogens is 2. The van der Waals surface area contributed by atoms with Crippen LogP contribution >= 0.6 is 31.9 Å². The molecule has 0 aliphatic rings. The molecule has 2 N–H and O–H groups in total. The van der Waals surface area contributed by atoms with E-state index in [2.05, 4.69) is 54.0 Å². The molecule has 2 aromatic heterocycles. The number of fused-ring (bicyclic) bond motifs is 2. The van der Waals surface area contributed by atoms with Crippen molar-refractivity contribution in [2.45, 2.75) is 0 Å². The molecule has 9 heteroatoms. The fourth-order valence-corrected chi connectivity index (χ4v) is 2.85. The Balaban J connectivity index is 0.000000157. The van der Waals surface area contributed by atoms with Gasteiger partial charge in [0.05, 0.1) is 11.0 Å². The normalized spacial score (nSPS) is 10.5. The largest absolute Gasteiger partial charge is 0.394 e. The summed E-state index contributed by atoms with van der Waals surface area (Å²) in [5.74, 6) is 0. The molecule has 140 valence electrons. The number of hydrogen-bond acceptors (Lipinski definition) is 4. The van der Waals surface area contributed by atoms with Gasteiger partial charge < -0.3 is 0 Å². The van der Waals surface area contributed by atoms with E-state index in [4.69, 9.17) is 17.5 Å². The zero-order valence-corrected chi connectivity index (χ0v) is 17.7. The molecule has 2 heterocycles. The van der Waals surface area contributed by atoms with Crippen LogP contribution < -0.4 is 0 Å². The van der Waals surface area contributed by atoms with E-state index in [0.717, 1.165) is 20.0 Å². The van der Waals surface area contributed by atoms with E-state index in [1.165, 1.54) is 10.8 Å². The van der Waals surface area contributed by atoms with Crippen molar-refractivity contribution >= 4 is 64.1 Å². The molecule has 0 aliphatic carbocycles. The van der Waals surface area contributed by atoms with Crippen molar-refractivity contribution in [3.63, 3.8) is 0 Å². The van der Waals surface area contributed by atoms with E-state index in [9.17, 15) is 0 Å². The van der Waals surface area contributed by atoms with Crippen LogP contribution in [0.25, 0.3) is 21.8 Å². The summed E-state index contributed by atoms with van der Waals surface area (Å²) in [5.41, 5.74) is 2.08. The van der Waals surface area contributed by atoms with E-state index in [1.54, 1.807) is 12.4 Å². The van der Waals surface area contributed by atoms with Crippen LogP contribution in [0, 0.1) is 0 Å². The highest BCUT2D eigenvalue weighted by Gasteiger charge is 1.92. The third-order valence-corrected chi connectivity index (χ3v) is 4.12. The van der Waals surface area contributed by atoms with Crippen LogP contribution in [0.3, 0.4) is 0 Å². The maximum Gasteiger partial charge on any atom is 0.394 e. The summed E-state index contributed by atoms with van der Waals surface area (Å²) >= 11 is 6.81. The van der Waals surface area contributed by atoms with Gasteiger partial charge in [-0.3, -0.25) is 19.1 Å². The molecule has 0 bridgehead atoms. The second-order valence-corrected chi connectivity index (χ2v) is 7.86. The summed E-state index contributed by atoms with van der Waals surface area (Å²) in [6.07, 6.45) is 3.60. The highest BCUT2D eigenvalue weighted by molar-refractivity contribution is 9.10. The van der Waals surface area contributed by atoms with Gasteiger partial charge in [0, 0.05) is 32.1 Å². The Bertz CT molecular complexity index is 1070. The zero-order chi connectivity index (χ0) is 19.9. The fraction of sp³-hybridized carbons (Fsp3) is 0. The minimum Gasteiger partial charge on any atom is -0.264 e. The zero-order valence-electron chi connectivity index (χ0n) is 13.7. The molecular weight excluding hydrogens is 500 g/mol. The van der Waals surface area contributed by atoms with Gasteiger partial charge >= 0.3 is 10.4 Å². The number of benzene rings is 2. The number of rotatable bonds is 0. The minimum atomic E-state index is -4.67. The van der Waals surface area contributed by atoms with Crippen LogP contribution in [0.4, 0.5) is 0 Å². The average Bonchev–Trinajstić information content (AvgIpc) is 2.60. The van der Waals surface area contributed by atoms with E-state index in [1.807, 2.05) is 48.5 Å². The molecule has 0 aliphatic heterocycles. The summed E-state index contributed by atoms with van der Waals surface area (Å²) in [6.45, 7) is 0. The molecule has 4 aromatic rings. The molecule has 0 unspecified atom stereocenters. The second-order valence-electron chi connectivity index (χ2n) is 5.13. The lowest BCUT2D eigenvalue weighted by Crippen LogP contribution is -1.89. The topological polar surface area (TPSA) is 100 Å². The quantitative estimate of drug-likeness (QED) is 0.308. The third kappa shape index (κ3) is 8.10. The lowest BCUT2D eigenvalue weighted by molar-refractivity contribution is 0.381. The first-order chi connectivity index (χ1) is 12.7. The van der Waals surface area contributed by atoms with Crippen molar-refractivity contribution in [2.24, 2.45) is 0 Å². The second kappa shape index (κ2) is 9.86. The molecule has 0 radical (unpaired) electrons. The predicted octanol–water partition coefficient (Wildman–Crippen LogP) is 5.34. The van der Waals surface area contributed by atoms with Gasteiger partial charge in [-0.15, -0.1) is 0 Å². The van der Waals surface area contributed by atoms with Crippen LogP contribution in [0.15, 0.2) is 82.0 Å². The maximum atomic E-state index is 8.74. The first kappa shape index (κ1) is 21.4. The number of pyridine rings is 2. The Morgan fingerprint density at radius 2 is 1.07 bits per heavy atom. The van der Waals surface area contributed by atoms with Gasteiger partial charge in [-0.2, -0.15) is 8.42 Å². The van der Waals surface area contributed by atoms with E-state index >= 15 is 0 Å². The summed E-state index contributed by atoms with van der Waals surface area (Å²) < 4.78 is 33.8. The van der Waals surface area contributed by atoms with Crippen LogP contribution in [0.5, 0.6) is 0 Å².